The van der Waals surface area contributed by atoms with Crippen molar-refractivity contribution < 1.29 is 80.9 Å². The van der Waals surface area contributed by atoms with E-state index in [1.54, 1.807) is 54.6 Å². The van der Waals surface area contributed by atoms with Crippen molar-refractivity contribution in [1.82, 2.24) is 0 Å². The number of benzene rings is 6. The Hall–Kier alpha value is -6.39. The van der Waals surface area contributed by atoms with Crippen molar-refractivity contribution >= 4 is 41.4 Å². The summed E-state index contributed by atoms with van der Waals surface area (Å²) >= 11 is 0. The summed E-state index contributed by atoms with van der Waals surface area (Å²) in [6.07, 6.45) is 0. The number of anilines is 6. The molecule has 6 rings (SSSR count). The molecule has 0 fully saturated rings. The van der Waals surface area contributed by atoms with Crippen LogP contribution >= 0.6 is 0 Å². The van der Waals surface area contributed by atoms with E-state index < -0.39 is 112 Å². The summed E-state index contributed by atoms with van der Waals surface area (Å²) in [5.74, 6) is -29.8. The van der Waals surface area contributed by atoms with Gasteiger partial charge in [0, 0.05) is 17.1 Å². The van der Waals surface area contributed by atoms with Crippen LogP contribution in [0.15, 0.2) is 91.0 Å². The smallest absolute Gasteiger partial charge is 0.402 e. The first-order valence-corrected chi connectivity index (χ1v) is 15.3. The van der Waals surface area contributed by atoms with E-state index in [1.807, 2.05) is 0 Å². The zero-order valence-electron chi connectivity index (χ0n) is 28.2. The molecule has 0 amide bonds. The van der Waals surface area contributed by atoms with Crippen LogP contribution in [0.5, 0.6) is 0 Å². The molecule has 0 aliphatic carbocycles. The molecular weight excluding hydrogens is 818 g/mol. The average Bonchev–Trinajstić information content (AvgIpc) is 3.22. The topological polar surface area (TPSA) is 96.8 Å². The Morgan fingerprint density at radius 1 is 0.259 bits per heavy atom. The lowest BCUT2D eigenvalue weighted by molar-refractivity contribution is 0.278. The highest BCUT2D eigenvalue weighted by Gasteiger charge is 2.28. The maximum Gasteiger partial charge on any atom is 0.631 e. The van der Waals surface area contributed by atoms with Gasteiger partial charge in [0.2, 0.25) is 17.5 Å². The first kappa shape index (κ1) is 46.0. The second-order valence-electron chi connectivity index (χ2n) is 10.7. The first-order chi connectivity index (χ1) is 27.3. The van der Waals surface area contributed by atoms with Crippen molar-refractivity contribution in [2.75, 3.05) is 16.0 Å². The highest BCUT2D eigenvalue weighted by molar-refractivity contribution is 6.30. The maximum atomic E-state index is 13.3. The minimum absolute atomic E-state index is 0.209. The molecule has 0 aliphatic rings. The molecule has 0 spiro atoms. The van der Waals surface area contributed by atoms with E-state index >= 15 is 0 Å². The average molecular weight is 839 g/mol. The van der Waals surface area contributed by atoms with Crippen LogP contribution in [0.25, 0.3) is 0 Å². The Morgan fingerprint density at radius 2 is 0.397 bits per heavy atom. The van der Waals surface area contributed by atoms with Crippen LogP contribution in [0.3, 0.4) is 0 Å². The van der Waals surface area contributed by atoms with Crippen LogP contribution in [0.4, 0.5) is 100.0 Å². The summed E-state index contributed by atoms with van der Waals surface area (Å²) in [4.78, 5) is 0. The number of hydrogen-bond acceptors (Lipinski definition) is 6. The monoisotopic (exact) mass is 839 g/mol. The highest BCUT2D eigenvalue weighted by Crippen LogP contribution is 2.32. The maximum absolute atomic E-state index is 13.3. The fourth-order valence-electron chi connectivity index (χ4n) is 4.14. The van der Waals surface area contributed by atoms with Crippen LogP contribution in [-0.4, -0.2) is 22.4 Å². The summed E-state index contributed by atoms with van der Waals surface area (Å²) < 4.78 is 196. The number of nitrogens with one attached hydrogen (secondary N) is 3. The molecular formula is C36H21BF15N3O3. The summed E-state index contributed by atoms with van der Waals surface area (Å²) in [7, 11) is -2.17. The van der Waals surface area contributed by atoms with E-state index in [0.29, 0.717) is 0 Å². The van der Waals surface area contributed by atoms with E-state index in [2.05, 4.69) is 16.0 Å². The zero-order chi connectivity index (χ0) is 43.4. The van der Waals surface area contributed by atoms with Crippen LogP contribution < -0.4 is 16.0 Å². The molecule has 0 unspecified atom stereocenters. The van der Waals surface area contributed by atoms with Crippen molar-refractivity contribution in [2.45, 2.75) is 0 Å². The Bertz CT molecular complexity index is 1990. The molecule has 0 radical (unpaired) electrons. The molecule has 306 valence electrons. The molecule has 0 saturated carbocycles. The Labute approximate surface area is 316 Å². The lowest BCUT2D eigenvalue weighted by atomic mass is 10.2. The largest absolute Gasteiger partial charge is 0.631 e. The summed E-state index contributed by atoms with van der Waals surface area (Å²) in [6, 6.07) is 22.8. The van der Waals surface area contributed by atoms with Gasteiger partial charge in [-0.15, -0.1) is 0 Å². The highest BCUT2D eigenvalue weighted by atomic mass is 19.2. The quantitative estimate of drug-likeness (QED) is 0.0433. The lowest BCUT2D eigenvalue weighted by Gasteiger charge is -2.10. The predicted molar refractivity (Wildman–Crippen MR) is 180 cm³/mol. The van der Waals surface area contributed by atoms with Crippen LogP contribution in [-0.2, 0) is 0 Å². The predicted octanol–water partition coefficient (Wildman–Crippen LogP) is 10.3. The van der Waals surface area contributed by atoms with Gasteiger partial charge in [0.1, 0.15) is 17.1 Å². The SMILES string of the molecule is Fc1c(F)c(F)c(Nc2ccccc2)c(F)c1F.Fc1c(F)c(F)c(Nc2ccccc2)c(F)c1F.Fc1c(F)c(F)c(Nc2ccccc2)c(F)c1F.OB(O)O. The van der Waals surface area contributed by atoms with Gasteiger partial charge in [-0.1, -0.05) is 54.6 Å². The number of rotatable bonds is 6. The molecule has 0 aliphatic heterocycles. The Kier molecular flexibility index (Phi) is 16.4. The zero-order valence-corrected chi connectivity index (χ0v) is 28.2. The van der Waals surface area contributed by atoms with Gasteiger partial charge in [0.15, 0.2) is 69.8 Å². The van der Waals surface area contributed by atoms with Gasteiger partial charge >= 0.3 is 7.32 Å². The van der Waals surface area contributed by atoms with Crippen molar-refractivity contribution in [2.24, 2.45) is 0 Å². The number of hydrogen-bond donors (Lipinski definition) is 6. The Balaban J connectivity index is 0.000000222. The third kappa shape index (κ3) is 11.4. The number of halogens is 15. The molecule has 58 heavy (non-hydrogen) atoms. The van der Waals surface area contributed by atoms with Crippen molar-refractivity contribution in [3.63, 3.8) is 0 Å². The van der Waals surface area contributed by atoms with Gasteiger partial charge in [-0.05, 0) is 36.4 Å². The second-order valence-corrected chi connectivity index (χ2v) is 10.7. The molecule has 6 aromatic carbocycles. The van der Waals surface area contributed by atoms with Gasteiger partial charge < -0.3 is 31.0 Å². The fraction of sp³-hybridized carbons (Fsp3) is 0. The molecule has 22 heteroatoms. The van der Waals surface area contributed by atoms with Crippen molar-refractivity contribution in [3.05, 3.63) is 178 Å². The molecule has 0 saturated heterocycles. The van der Waals surface area contributed by atoms with Gasteiger partial charge in [-0.3, -0.25) is 0 Å². The van der Waals surface area contributed by atoms with Gasteiger partial charge in [-0.25, -0.2) is 65.9 Å². The summed E-state index contributed by atoms with van der Waals surface area (Å²) in [5.41, 5.74) is -2.59. The molecule has 0 bridgehead atoms. The standard InChI is InChI=1S/3C12H6F5N.BH3O3/c3*13-7-8(14)10(16)12(11(17)9(7)15)18-6-4-2-1-3-5-6;2-1(3)4/h3*1-5,18H;2-4H. The Morgan fingerprint density at radius 3 is 0.552 bits per heavy atom. The van der Waals surface area contributed by atoms with Gasteiger partial charge in [-0.2, -0.15) is 0 Å². The molecule has 6 nitrogen and oxygen atoms in total. The van der Waals surface area contributed by atoms with Gasteiger partial charge in [0.25, 0.3) is 0 Å². The third-order valence-electron chi connectivity index (χ3n) is 6.76. The molecule has 0 heterocycles. The third-order valence-corrected chi connectivity index (χ3v) is 6.76. The molecule has 6 N–H and O–H groups in total. The first-order valence-electron chi connectivity index (χ1n) is 15.3. The van der Waals surface area contributed by atoms with Crippen LogP contribution in [0, 0.1) is 87.3 Å². The van der Waals surface area contributed by atoms with Crippen molar-refractivity contribution in [3.8, 4) is 0 Å². The van der Waals surface area contributed by atoms with Crippen LogP contribution in [0.1, 0.15) is 0 Å². The van der Waals surface area contributed by atoms with Crippen LogP contribution in [0.2, 0.25) is 0 Å². The van der Waals surface area contributed by atoms with E-state index in [0.717, 1.165) is 0 Å². The van der Waals surface area contributed by atoms with Gasteiger partial charge in [0.05, 0.1) is 0 Å². The normalized spacial score (nSPS) is 10.2. The summed E-state index contributed by atoms with van der Waals surface area (Å²) in [6.45, 7) is 0. The molecule has 0 aromatic heterocycles. The summed E-state index contributed by atoms with van der Waals surface area (Å²) in [5, 5.41) is 28.0. The fourth-order valence-corrected chi connectivity index (χ4v) is 4.14. The van der Waals surface area contributed by atoms with E-state index in [1.165, 1.54) is 36.4 Å². The molecule has 6 aromatic rings. The van der Waals surface area contributed by atoms with Crippen molar-refractivity contribution in [1.29, 1.82) is 0 Å². The van der Waals surface area contributed by atoms with E-state index in [4.69, 9.17) is 15.1 Å². The lowest BCUT2D eigenvalue weighted by Crippen LogP contribution is -2.07. The number of para-hydroxylation sites is 3. The van der Waals surface area contributed by atoms with E-state index in [9.17, 15) is 65.9 Å². The minimum atomic E-state index is -2.18. The minimum Gasteiger partial charge on any atom is -0.402 e. The second kappa shape index (κ2) is 20.7. The molecule has 0 atom stereocenters. The van der Waals surface area contributed by atoms with E-state index in [-0.39, 0.29) is 17.1 Å².